The number of pyridine rings is 1. The standard InChI is InChI=1S/C20H26N6O3S/c1-13-16(11-23-25-13)20(27)26-9-5-14(6-10-26)18-17(30(2,28)29)12-22-19(24-18)15-3-7-21-8-4-15/h3-4,7-8,12-14,16,23,25H,5-6,9-11H2,1-2H3. The average molecular weight is 431 g/mol. The Morgan fingerprint density at radius 2 is 1.90 bits per heavy atom. The molecule has 0 aromatic carbocycles. The molecule has 2 fully saturated rings. The Kier molecular flexibility index (Phi) is 5.81. The third kappa shape index (κ3) is 4.21. The molecule has 0 aliphatic carbocycles. The van der Waals surface area contributed by atoms with Crippen LogP contribution in [0.25, 0.3) is 11.4 Å². The van der Waals surface area contributed by atoms with Gasteiger partial charge in [-0.25, -0.2) is 18.4 Å². The maximum Gasteiger partial charge on any atom is 0.228 e. The van der Waals surface area contributed by atoms with Gasteiger partial charge in [-0.05, 0) is 31.9 Å². The van der Waals surface area contributed by atoms with Gasteiger partial charge in [-0.1, -0.05) is 0 Å². The predicted octanol–water partition coefficient (Wildman–Crippen LogP) is 0.761. The van der Waals surface area contributed by atoms with Crippen LogP contribution in [0.4, 0.5) is 0 Å². The summed E-state index contributed by atoms with van der Waals surface area (Å²) in [7, 11) is -3.47. The molecule has 2 aromatic heterocycles. The summed E-state index contributed by atoms with van der Waals surface area (Å²) in [6, 6.07) is 3.69. The first kappa shape index (κ1) is 20.8. The van der Waals surface area contributed by atoms with Crippen molar-refractivity contribution < 1.29 is 13.2 Å². The predicted molar refractivity (Wildman–Crippen MR) is 111 cm³/mol. The molecule has 2 aliphatic rings. The van der Waals surface area contributed by atoms with Crippen LogP contribution in [0.3, 0.4) is 0 Å². The summed E-state index contributed by atoms with van der Waals surface area (Å²) in [5.41, 5.74) is 7.45. The van der Waals surface area contributed by atoms with Crippen LogP contribution < -0.4 is 10.9 Å². The number of nitrogens with zero attached hydrogens (tertiary/aromatic N) is 4. The minimum atomic E-state index is -3.47. The van der Waals surface area contributed by atoms with Gasteiger partial charge >= 0.3 is 0 Å². The molecule has 30 heavy (non-hydrogen) atoms. The first-order valence-corrected chi connectivity index (χ1v) is 12.0. The fraction of sp³-hybridized carbons (Fsp3) is 0.500. The van der Waals surface area contributed by atoms with Crippen molar-refractivity contribution in [2.45, 2.75) is 36.6 Å². The number of sulfone groups is 1. The lowest BCUT2D eigenvalue weighted by Crippen LogP contribution is -2.44. The maximum atomic E-state index is 12.8. The molecule has 0 saturated carbocycles. The van der Waals surface area contributed by atoms with Crippen molar-refractivity contribution in [2.24, 2.45) is 5.92 Å². The summed E-state index contributed by atoms with van der Waals surface area (Å²) >= 11 is 0. The summed E-state index contributed by atoms with van der Waals surface area (Å²) in [6.45, 7) is 3.80. The van der Waals surface area contributed by atoms with E-state index in [0.717, 1.165) is 5.56 Å². The van der Waals surface area contributed by atoms with Crippen LogP contribution in [0, 0.1) is 5.92 Å². The van der Waals surface area contributed by atoms with Crippen LogP contribution in [0.2, 0.25) is 0 Å². The summed E-state index contributed by atoms with van der Waals surface area (Å²) in [5.74, 6) is 0.502. The number of aromatic nitrogens is 3. The van der Waals surface area contributed by atoms with E-state index < -0.39 is 9.84 Å². The van der Waals surface area contributed by atoms with E-state index >= 15 is 0 Å². The van der Waals surface area contributed by atoms with E-state index in [0.29, 0.717) is 44.0 Å². The average Bonchev–Trinajstić information content (AvgIpc) is 3.19. The molecule has 9 nitrogen and oxygen atoms in total. The highest BCUT2D eigenvalue weighted by Gasteiger charge is 2.35. The van der Waals surface area contributed by atoms with Crippen molar-refractivity contribution in [1.82, 2.24) is 30.7 Å². The van der Waals surface area contributed by atoms with E-state index in [2.05, 4.69) is 25.8 Å². The molecule has 2 N–H and O–H groups in total. The number of piperidine rings is 1. The quantitative estimate of drug-likeness (QED) is 0.730. The highest BCUT2D eigenvalue weighted by atomic mass is 32.2. The zero-order valence-electron chi connectivity index (χ0n) is 17.1. The first-order chi connectivity index (χ1) is 14.3. The second-order valence-electron chi connectivity index (χ2n) is 7.97. The van der Waals surface area contributed by atoms with E-state index in [4.69, 9.17) is 0 Å². The lowest BCUT2D eigenvalue weighted by Gasteiger charge is -2.34. The second kappa shape index (κ2) is 8.37. The number of carbonyl (C=O) groups is 1. The minimum absolute atomic E-state index is 0.0420. The van der Waals surface area contributed by atoms with Crippen LogP contribution in [0.5, 0.6) is 0 Å². The molecule has 2 atom stereocenters. The zero-order chi connectivity index (χ0) is 21.3. The lowest BCUT2D eigenvalue weighted by molar-refractivity contribution is -0.136. The largest absolute Gasteiger partial charge is 0.342 e. The molecule has 4 heterocycles. The van der Waals surface area contributed by atoms with Crippen molar-refractivity contribution >= 4 is 15.7 Å². The molecule has 0 spiro atoms. The smallest absolute Gasteiger partial charge is 0.228 e. The minimum Gasteiger partial charge on any atom is -0.342 e. The Hall–Kier alpha value is -2.43. The van der Waals surface area contributed by atoms with E-state index in [9.17, 15) is 13.2 Å². The molecule has 0 bridgehead atoms. The van der Waals surface area contributed by atoms with Crippen LogP contribution in [0.15, 0.2) is 35.6 Å². The highest BCUT2D eigenvalue weighted by molar-refractivity contribution is 7.90. The topological polar surface area (TPSA) is 117 Å². The number of hydrazine groups is 1. The summed E-state index contributed by atoms with van der Waals surface area (Å²) in [4.78, 5) is 27.8. The van der Waals surface area contributed by atoms with E-state index in [1.54, 1.807) is 24.5 Å². The number of rotatable bonds is 4. The third-order valence-electron chi connectivity index (χ3n) is 5.89. The number of hydrogen-bond acceptors (Lipinski definition) is 8. The van der Waals surface area contributed by atoms with Crippen LogP contribution in [-0.4, -0.2) is 66.1 Å². The van der Waals surface area contributed by atoms with Gasteiger partial charge in [-0.15, -0.1) is 0 Å². The normalized spacial score (nSPS) is 22.9. The molecule has 1 amide bonds. The Balaban J connectivity index is 1.57. The summed E-state index contributed by atoms with van der Waals surface area (Å²) < 4.78 is 24.7. The molecule has 160 valence electrons. The second-order valence-corrected chi connectivity index (χ2v) is 9.96. The lowest BCUT2D eigenvalue weighted by atomic mass is 9.91. The zero-order valence-corrected chi connectivity index (χ0v) is 17.9. The van der Waals surface area contributed by atoms with E-state index in [1.165, 1.54) is 12.5 Å². The van der Waals surface area contributed by atoms with Gasteiger partial charge in [0.15, 0.2) is 15.7 Å². The third-order valence-corrected chi connectivity index (χ3v) is 7.00. The van der Waals surface area contributed by atoms with Crippen LogP contribution in [0.1, 0.15) is 31.4 Å². The molecule has 10 heteroatoms. The molecule has 2 saturated heterocycles. The molecular formula is C20H26N6O3S. The number of nitrogens with one attached hydrogen (secondary N) is 2. The Morgan fingerprint density at radius 3 is 2.50 bits per heavy atom. The fourth-order valence-corrected chi connectivity index (χ4v) is 4.95. The van der Waals surface area contributed by atoms with Crippen molar-refractivity contribution in [3.8, 4) is 11.4 Å². The number of amides is 1. The van der Waals surface area contributed by atoms with Gasteiger partial charge in [-0.3, -0.25) is 20.6 Å². The fourth-order valence-electron chi connectivity index (χ4n) is 4.12. The first-order valence-electron chi connectivity index (χ1n) is 10.1. The van der Waals surface area contributed by atoms with Gasteiger partial charge in [0.2, 0.25) is 5.91 Å². The summed E-state index contributed by atoms with van der Waals surface area (Å²) in [6.07, 6.45) is 7.23. The monoisotopic (exact) mass is 430 g/mol. The molecular weight excluding hydrogens is 404 g/mol. The number of carbonyl (C=O) groups excluding carboxylic acids is 1. The van der Waals surface area contributed by atoms with Crippen molar-refractivity contribution in [1.29, 1.82) is 0 Å². The van der Waals surface area contributed by atoms with Gasteiger partial charge in [0, 0.05) is 62.0 Å². The van der Waals surface area contributed by atoms with Gasteiger partial charge in [0.1, 0.15) is 4.90 Å². The van der Waals surface area contributed by atoms with Gasteiger partial charge in [0.25, 0.3) is 0 Å². The van der Waals surface area contributed by atoms with E-state index in [-0.39, 0.29) is 28.7 Å². The summed E-state index contributed by atoms with van der Waals surface area (Å²) in [5, 5.41) is 0. The molecule has 2 aromatic rings. The number of likely N-dealkylation sites (tertiary alicyclic amines) is 1. The van der Waals surface area contributed by atoms with Crippen LogP contribution in [-0.2, 0) is 14.6 Å². The maximum absolute atomic E-state index is 12.8. The van der Waals surface area contributed by atoms with Crippen LogP contribution >= 0.6 is 0 Å². The molecule has 2 unspecified atom stereocenters. The Labute approximate surface area is 176 Å². The highest BCUT2D eigenvalue weighted by Crippen LogP contribution is 2.33. The Bertz CT molecular complexity index is 1020. The molecule has 4 rings (SSSR count). The molecule has 2 aliphatic heterocycles. The van der Waals surface area contributed by atoms with Gasteiger partial charge in [-0.2, -0.15) is 0 Å². The number of hydrogen-bond donors (Lipinski definition) is 2. The SMILES string of the molecule is CC1NNCC1C(=O)N1CCC(c2nc(-c3ccncc3)ncc2S(C)(=O)=O)CC1. The van der Waals surface area contributed by atoms with Crippen molar-refractivity contribution in [3.63, 3.8) is 0 Å². The van der Waals surface area contributed by atoms with Crippen molar-refractivity contribution in [3.05, 3.63) is 36.4 Å². The van der Waals surface area contributed by atoms with E-state index in [1.807, 2.05) is 11.8 Å². The van der Waals surface area contributed by atoms with Gasteiger partial charge < -0.3 is 4.90 Å². The van der Waals surface area contributed by atoms with Crippen molar-refractivity contribution in [2.75, 3.05) is 25.9 Å². The van der Waals surface area contributed by atoms with Gasteiger partial charge in [0.05, 0.1) is 11.6 Å². The Morgan fingerprint density at radius 1 is 1.20 bits per heavy atom. The molecule has 0 radical (unpaired) electrons.